The van der Waals surface area contributed by atoms with Gasteiger partial charge in [0.05, 0.1) is 13.6 Å². The highest BCUT2D eigenvalue weighted by molar-refractivity contribution is 9.12. The van der Waals surface area contributed by atoms with E-state index in [-0.39, 0.29) is 6.04 Å². The molecule has 0 amide bonds. The van der Waals surface area contributed by atoms with E-state index < -0.39 is 0 Å². The van der Waals surface area contributed by atoms with E-state index in [4.69, 9.17) is 17.3 Å². The van der Waals surface area contributed by atoms with E-state index in [0.717, 1.165) is 29.3 Å². The molecule has 1 nitrogen and oxygen atoms in total. The Morgan fingerprint density at radius 2 is 1.94 bits per heavy atom. The number of rotatable bonds is 2. The molecule has 0 bridgehead atoms. The SMILES string of the molecule is Cc1cc(Cl)cc(C(N)c2cc(Br)sc2Br)c1. The van der Waals surface area contributed by atoms with Gasteiger partial charge in [0, 0.05) is 5.02 Å². The molecule has 1 unspecified atom stereocenters. The second-order valence-corrected chi connectivity index (χ2v) is 8.00. The molecular formula is C12H10Br2ClNS. The molecule has 1 aromatic carbocycles. The number of hydrogen-bond donors (Lipinski definition) is 1. The Bertz CT molecular complexity index is 533. The number of aryl methyl sites for hydroxylation is 1. The predicted octanol–water partition coefficient (Wildman–Crippen LogP) is 5.28. The smallest absolute Gasteiger partial charge is 0.0761 e. The maximum atomic E-state index is 6.27. The third-order valence-corrected chi connectivity index (χ3v) is 5.05. The van der Waals surface area contributed by atoms with Crippen LogP contribution in [0.5, 0.6) is 0 Å². The topological polar surface area (TPSA) is 26.0 Å². The van der Waals surface area contributed by atoms with E-state index in [0.29, 0.717) is 0 Å². The number of halogens is 3. The first-order valence-corrected chi connectivity index (χ1v) is 7.73. The van der Waals surface area contributed by atoms with Crippen LogP contribution in [0.4, 0.5) is 0 Å². The molecule has 1 atom stereocenters. The van der Waals surface area contributed by atoms with Crippen molar-refractivity contribution in [2.24, 2.45) is 5.73 Å². The van der Waals surface area contributed by atoms with Gasteiger partial charge in [0.1, 0.15) is 0 Å². The number of benzene rings is 1. The van der Waals surface area contributed by atoms with E-state index in [9.17, 15) is 0 Å². The quantitative estimate of drug-likeness (QED) is 0.735. The summed E-state index contributed by atoms with van der Waals surface area (Å²) >= 11 is 14.7. The molecule has 2 aromatic rings. The molecule has 0 fully saturated rings. The average Bonchev–Trinajstić information content (AvgIpc) is 2.55. The summed E-state index contributed by atoms with van der Waals surface area (Å²) in [6, 6.07) is 7.78. The molecule has 17 heavy (non-hydrogen) atoms. The van der Waals surface area contributed by atoms with Crippen molar-refractivity contribution in [1.82, 2.24) is 0 Å². The highest BCUT2D eigenvalue weighted by Crippen LogP contribution is 2.37. The lowest BCUT2D eigenvalue weighted by atomic mass is 10.0. The summed E-state index contributed by atoms with van der Waals surface area (Å²) in [6.07, 6.45) is 0. The van der Waals surface area contributed by atoms with Crippen molar-refractivity contribution >= 4 is 54.8 Å². The van der Waals surface area contributed by atoms with Crippen LogP contribution in [0.25, 0.3) is 0 Å². The summed E-state index contributed by atoms with van der Waals surface area (Å²) in [7, 11) is 0. The molecule has 0 aliphatic rings. The van der Waals surface area contributed by atoms with E-state index in [1.807, 2.05) is 25.1 Å². The molecule has 5 heteroatoms. The Morgan fingerprint density at radius 3 is 2.47 bits per heavy atom. The van der Waals surface area contributed by atoms with Gasteiger partial charge in [-0.1, -0.05) is 17.7 Å². The first-order chi connectivity index (χ1) is 7.97. The first-order valence-electron chi connectivity index (χ1n) is 4.95. The molecule has 0 saturated heterocycles. The van der Waals surface area contributed by atoms with E-state index in [1.54, 1.807) is 11.3 Å². The largest absolute Gasteiger partial charge is 0.320 e. The van der Waals surface area contributed by atoms with Crippen LogP contribution in [0.2, 0.25) is 5.02 Å². The maximum absolute atomic E-state index is 6.27. The van der Waals surface area contributed by atoms with Crippen LogP contribution in [0.3, 0.4) is 0 Å². The van der Waals surface area contributed by atoms with Gasteiger partial charge in [0.25, 0.3) is 0 Å². The highest BCUT2D eigenvalue weighted by atomic mass is 79.9. The Morgan fingerprint density at radius 1 is 1.24 bits per heavy atom. The molecule has 0 radical (unpaired) electrons. The van der Waals surface area contributed by atoms with Crippen molar-refractivity contribution in [2.75, 3.05) is 0 Å². The van der Waals surface area contributed by atoms with Crippen LogP contribution < -0.4 is 5.73 Å². The zero-order valence-corrected chi connectivity index (χ0v) is 13.8. The van der Waals surface area contributed by atoms with Crippen LogP contribution in [-0.4, -0.2) is 0 Å². The summed E-state index contributed by atoms with van der Waals surface area (Å²) in [4.78, 5) is 0. The molecule has 1 heterocycles. The van der Waals surface area contributed by atoms with Crippen LogP contribution in [0.15, 0.2) is 31.8 Å². The van der Waals surface area contributed by atoms with Crippen molar-refractivity contribution in [3.05, 3.63) is 53.6 Å². The first kappa shape index (κ1) is 13.6. The fraction of sp³-hybridized carbons (Fsp3) is 0.167. The summed E-state index contributed by atoms with van der Waals surface area (Å²) in [5.41, 5.74) is 9.49. The van der Waals surface area contributed by atoms with Crippen LogP contribution in [0.1, 0.15) is 22.7 Å². The fourth-order valence-corrected chi connectivity index (χ4v) is 4.92. The Hall–Kier alpha value is 0.130. The molecule has 1 aromatic heterocycles. The fourth-order valence-electron chi connectivity index (χ4n) is 1.69. The molecule has 0 spiro atoms. The van der Waals surface area contributed by atoms with E-state index >= 15 is 0 Å². The van der Waals surface area contributed by atoms with Gasteiger partial charge in [-0.3, -0.25) is 0 Å². The van der Waals surface area contributed by atoms with Crippen molar-refractivity contribution in [3.8, 4) is 0 Å². The molecule has 0 saturated carbocycles. The third kappa shape index (κ3) is 3.12. The van der Waals surface area contributed by atoms with E-state index in [2.05, 4.69) is 37.9 Å². The Labute approximate surface area is 126 Å². The third-order valence-electron chi connectivity index (χ3n) is 2.44. The van der Waals surface area contributed by atoms with Gasteiger partial charge in [-0.15, -0.1) is 11.3 Å². The number of nitrogens with two attached hydrogens (primary N) is 1. The van der Waals surface area contributed by atoms with E-state index in [1.165, 1.54) is 0 Å². The summed E-state index contributed by atoms with van der Waals surface area (Å²) in [6.45, 7) is 2.01. The predicted molar refractivity (Wildman–Crippen MR) is 81.9 cm³/mol. The van der Waals surface area contributed by atoms with Gasteiger partial charge in [0.15, 0.2) is 0 Å². The van der Waals surface area contributed by atoms with Gasteiger partial charge < -0.3 is 5.73 Å². The van der Waals surface area contributed by atoms with Gasteiger partial charge in [0.2, 0.25) is 0 Å². The average molecular weight is 396 g/mol. The summed E-state index contributed by atoms with van der Waals surface area (Å²) in [5.74, 6) is 0. The van der Waals surface area contributed by atoms with Crippen LogP contribution in [-0.2, 0) is 0 Å². The molecule has 0 aliphatic carbocycles. The molecule has 0 aliphatic heterocycles. The van der Waals surface area contributed by atoms with Crippen LogP contribution >= 0.6 is 54.8 Å². The minimum absolute atomic E-state index is 0.163. The number of thiophene rings is 1. The van der Waals surface area contributed by atoms with Crippen molar-refractivity contribution in [3.63, 3.8) is 0 Å². The monoisotopic (exact) mass is 393 g/mol. The van der Waals surface area contributed by atoms with Crippen molar-refractivity contribution in [1.29, 1.82) is 0 Å². The lowest BCUT2D eigenvalue weighted by Gasteiger charge is -2.12. The minimum Gasteiger partial charge on any atom is -0.320 e. The lowest BCUT2D eigenvalue weighted by molar-refractivity contribution is 0.870. The number of hydrogen-bond acceptors (Lipinski definition) is 2. The lowest BCUT2D eigenvalue weighted by Crippen LogP contribution is -2.11. The van der Waals surface area contributed by atoms with Gasteiger partial charge in [-0.25, -0.2) is 0 Å². The highest BCUT2D eigenvalue weighted by Gasteiger charge is 2.15. The standard InChI is InChI=1S/C12H10Br2ClNS/c1-6-2-7(4-8(15)3-6)11(16)9-5-10(13)17-12(9)14/h2-5,11H,16H2,1H3. The van der Waals surface area contributed by atoms with Gasteiger partial charge in [-0.2, -0.15) is 0 Å². The van der Waals surface area contributed by atoms with Crippen molar-refractivity contribution < 1.29 is 0 Å². The zero-order chi connectivity index (χ0) is 12.6. The molecule has 90 valence electrons. The zero-order valence-electron chi connectivity index (χ0n) is 9.01. The molecule has 2 rings (SSSR count). The summed E-state index contributed by atoms with van der Waals surface area (Å²) < 4.78 is 2.11. The van der Waals surface area contributed by atoms with Gasteiger partial charge >= 0.3 is 0 Å². The second-order valence-electron chi connectivity index (χ2n) is 3.82. The van der Waals surface area contributed by atoms with Crippen LogP contribution in [0, 0.1) is 6.92 Å². The molecule has 2 N–H and O–H groups in total. The Kier molecular flexibility index (Phi) is 4.31. The molecular weight excluding hydrogens is 385 g/mol. The van der Waals surface area contributed by atoms with Gasteiger partial charge in [-0.05, 0) is 73.7 Å². The summed E-state index contributed by atoms with van der Waals surface area (Å²) in [5, 5.41) is 0.723. The Balaban J connectivity index is 2.43. The maximum Gasteiger partial charge on any atom is 0.0761 e. The minimum atomic E-state index is -0.163. The second kappa shape index (κ2) is 5.41. The van der Waals surface area contributed by atoms with Crippen molar-refractivity contribution in [2.45, 2.75) is 13.0 Å². The normalized spacial score (nSPS) is 12.8.